The van der Waals surface area contributed by atoms with Crippen LogP contribution in [0.3, 0.4) is 0 Å². The second-order valence-corrected chi connectivity index (χ2v) is 7.76. The third-order valence-corrected chi connectivity index (χ3v) is 5.28. The van der Waals surface area contributed by atoms with Gasteiger partial charge >= 0.3 is 0 Å². The minimum atomic E-state index is -3.71. The Kier molecular flexibility index (Phi) is 5.25. The Labute approximate surface area is 141 Å². The molecular formula is C18H16ClNO2S. The van der Waals surface area contributed by atoms with E-state index < -0.39 is 9.84 Å². The predicted octanol–water partition coefficient (Wildman–Crippen LogP) is 4.44. The fourth-order valence-electron chi connectivity index (χ4n) is 2.13. The molecule has 5 heteroatoms. The highest BCUT2D eigenvalue weighted by molar-refractivity contribution is 7.95. The molecule has 0 radical (unpaired) electrons. The Bertz CT molecular complexity index is 892. The summed E-state index contributed by atoms with van der Waals surface area (Å²) in [6.45, 7) is 3.80. The van der Waals surface area contributed by atoms with E-state index in [4.69, 9.17) is 11.6 Å². The average Bonchev–Trinajstić information content (AvgIpc) is 2.50. The minimum Gasteiger partial charge on any atom is -0.223 e. The number of allylic oxidation sites excluding steroid dienone is 1. The maximum atomic E-state index is 12.5. The summed E-state index contributed by atoms with van der Waals surface area (Å²) in [5.41, 5.74) is 3.26. The number of sulfone groups is 1. The molecule has 2 aromatic carbocycles. The summed E-state index contributed by atoms with van der Waals surface area (Å²) in [5, 5.41) is 9.83. The van der Waals surface area contributed by atoms with Gasteiger partial charge in [0.15, 0.2) is 9.84 Å². The van der Waals surface area contributed by atoms with Gasteiger partial charge in [0.25, 0.3) is 0 Å². The second-order valence-electron chi connectivity index (χ2n) is 5.37. The number of rotatable bonds is 4. The van der Waals surface area contributed by atoms with Crippen LogP contribution in [0.4, 0.5) is 0 Å². The standard InChI is InChI=1S/C18H16ClNO2S/c1-13-3-4-14(2)16(9-13)10-18(11-20)23(21,22)12-15-5-7-17(19)8-6-15/h3-10H,12H2,1-2H3/b18-10+. The SMILES string of the molecule is Cc1ccc(C)c(/C=C(\C#N)S(=O)(=O)Cc2ccc(Cl)cc2)c1. The lowest BCUT2D eigenvalue weighted by Crippen LogP contribution is -2.06. The van der Waals surface area contributed by atoms with Gasteiger partial charge in [-0.05, 0) is 48.7 Å². The first-order chi connectivity index (χ1) is 10.8. The van der Waals surface area contributed by atoms with Crippen LogP contribution in [0.1, 0.15) is 22.3 Å². The van der Waals surface area contributed by atoms with E-state index in [0.717, 1.165) is 16.7 Å². The van der Waals surface area contributed by atoms with E-state index in [2.05, 4.69) is 0 Å². The highest BCUT2D eigenvalue weighted by atomic mass is 35.5. The monoisotopic (exact) mass is 345 g/mol. The van der Waals surface area contributed by atoms with E-state index in [-0.39, 0.29) is 10.7 Å². The lowest BCUT2D eigenvalue weighted by Gasteiger charge is -2.06. The van der Waals surface area contributed by atoms with Crippen molar-refractivity contribution in [3.63, 3.8) is 0 Å². The lowest BCUT2D eigenvalue weighted by molar-refractivity contribution is 0.602. The molecule has 0 aromatic heterocycles. The zero-order chi connectivity index (χ0) is 17.0. The second kappa shape index (κ2) is 6.99. The summed E-state index contributed by atoms with van der Waals surface area (Å²) in [6, 6.07) is 14.1. The number of aryl methyl sites for hydroxylation is 2. The Hall–Kier alpha value is -2.09. The number of hydrogen-bond acceptors (Lipinski definition) is 3. The van der Waals surface area contributed by atoms with Crippen LogP contribution in [-0.4, -0.2) is 8.42 Å². The number of hydrogen-bond donors (Lipinski definition) is 0. The molecule has 0 heterocycles. The summed E-state index contributed by atoms with van der Waals surface area (Å²) in [7, 11) is -3.71. The molecule has 3 nitrogen and oxygen atoms in total. The Morgan fingerprint density at radius 2 is 1.83 bits per heavy atom. The molecule has 118 valence electrons. The topological polar surface area (TPSA) is 57.9 Å². The van der Waals surface area contributed by atoms with Gasteiger partial charge in [0.2, 0.25) is 0 Å². The van der Waals surface area contributed by atoms with Crippen molar-refractivity contribution in [2.75, 3.05) is 0 Å². The number of halogens is 1. The average molecular weight is 346 g/mol. The highest BCUT2D eigenvalue weighted by Crippen LogP contribution is 2.21. The van der Waals surface area contributed by atoms with Crippen molar-refractivity contribution >= 4 is 27.5 Å². The van der Waals surface area contributed by atoms with Crippen LogP contribution in [0.2, 0.25) is 5.02 Å². The van der Waals surface area contributed by atoms with Crippen molar-refractivity contribution in [1.82, 2.24) is 0 Å². The lowest BCUT2D eigenvalue weighted by atomic mass is 10.1. The van der Waals surface area contributed by atoms with Gasteiger partial charge in [-0.2, -0.15) is 5.26 Å². The van der Waals surface area contributed by atoms with Crippen LogP contribution in [0, 0.1) is 25.2 Å². The third kappa shape index (κ3) is 4.44. The van der Waals surface area contributed by atoms with Gasteiger partial charge in [-0.3, -0.25) is 0 Å². The van der Waals surface area contributed by atoms with Gasteiger partial charge in [0, 0.05) is 5.02 Å². The Balaban J connectivity index is 2.39. The first-order valence-corrected chi connectivity index (χ1v) is 9.01. The largest absolute Gasteiger partial charge is 0.223 e. The zero-order valence-electron chi connectivity index (χ0n) is 12.9. The molecule has 0 aliphatic heterocycles. The van der Waals surface area contributed by atoms with Gasteiger partial charge in [0.05, 0.1) is 5.75 Å². The molecule has 0 bridgehead atoms. The molecule has 0 atom stereocenters. The summed E-state index contributed by atoms with van der Waals surface area (Å²) >= 11 is 5.80. The predicted molar refractivity (Wildman–Crippen MR) is 93.6 cm³/mol. The van der Waals surface area contributed by atoms with E-state index in [9.17, 15) is 13.7 Å². The van der Waals surface area contributed by atoms with E-state index >= 15 is 0 Å². The van der Waals surface area contributed by atoms with Crippen LogP contribution in [0.25, 0.3) is 6.08 Å². The molecule has 2 rings (SSSR count). The molecule has 0 aliphatic rings. The molecule has 0 spiro atoms. The van der Waals surface area contributed by atoms with Crippen LogP contribution >= 0.6 is 11.6 Å². The van der Waals surface area contributed by atoms with Crippen molar-refractivity contribution < 1.29 is 8.42 Å². The molecule has 0 fully saturated rings. The molecule has 2 aromatic rings. The molecule has 0 unspecified atom stereocenters. The molecule has 0 saturated carbocycles. The molecule has 0 aliphatic carbocycles. The quantitative estimate of drug-likeness (QED) is 0.770. The van der Waals surface area contributed by atoms with E-state index in [0.29, 0.717) is 10.6 Å². The summed E-state index contributed by atoms with van der Waals surface area (Å²) in [5.74, 6) is -0.228. The normalized spacial score (nSPS) is 12.0. The number of nitriles is 1. The molecule has 0 saturated heterocycles. The van der Waals surface area contributed by atoms with Crippen molar-refractivity contribution in [3.05, 3.63) is 74.6 Å². The molecule has 0 amide bonds. The van der Waals surface area contributed by atoms with Crippen molar-refractivity contribution in [1.29, 1.82) is 5.26 Å². The smallest absolute Gasteiger partial charge is 0.192 e. The molecule has 0 N–H and O–H groups in total. The number of nitrogens with zero attached hydrogens (tertiary/aromatic N) is 1. The molecule has 23 heavy (non-hydrogen) atoms. The summed E-state index contributed by atoms with van der Waals surface area (Å²) < 4.78 is 25.0. The zero-order valence-corrected chi connectivity index (χ0v) is 14.4. The minimum absolute atomic E-state index is 0.228. The van der Waals surface area contributed by atoms with Gasteiger partial charge in [0.1, 0.15) is 11.0 Å². The summed E-state index contributed by atoms with van der Waals surface area (Å²) in [6.07, 6.45) is 1.44. The van der Waals surface area contributed by atoms with Gasteiger partial charge in [-0.1, -0.05) is 47.5 Å². The van der Waals surface area contributed by atoms with Crippen molar-refractivity contribution in [3.8, 4) is 6.07 Å². The first-order valence-electron chi connectivity index (χ1n) is 6.98. The fraction of sp³-hybridized carbons (Fsp3) is 0.167. The fourth-order valence-corrected chi connectivity index (χ4v) is 3.48. The van der Waals surface area contributed by atoms with Crippen LogP contribution in [0.5, 0.6) is 0 Å². The maximum Gasteiger partial charge on any atom is 0.192 e. The maximum absolute atomic E-state index is 12.5. The van der Waals surface area contributed by atoms with Gasteiger partial charge in [-0.25, -0.2) is 8.42 Å². The van der Waals surface area contributed by atoms with Crippen molar-refractivity contribution in [2.24, 2.45) is 0 Å². The van der Waals surface area contributed by atoms with Crippen LogP contribution in [-0.2, 0) is 15.6 Å². The highest BCUT2D eigenvalue weighted by Gasteiger charge is 2.19. The van der Waals surface area contributed by atoms with Crippen molar-refractivity contribution in [2.45, 2.75) is 19.6 Å². The summed E-state index contributed by atoms with van der Waals surface area (Å²) in [4.78, 5) is -0.235. The van der Waals surface area contributed by atoms with Crippen LogP contribution < -0.4 is 0 Å². The Morgan fingerprint density at radius 3 is 2.43 bits per heavy atom. The third-order valence-electron chi connectivity index (χ3n) is 3.44. The number of benzene rings is 2. The van der Waals surface area contributed by atoms with E-state index in [1.807, 2.05) is 38.1 Å². The first kappa shape index (κ1) is 17.3. The van der Waals surface area contributed by atoms with Crippen LogP contribution in [0.15, 0.2) is 47.4 Å². The van der Waals surface area contributed by atoms with E-state index in [1.165, 1.54) is 6.08 Å². The van der Waals surface area contributed by atoms with Gasteiger partial charge in [-0.15, -0.1) is 0 Å². The molecular weight excluding hydrogens is 330 g/mol. The van der Waals surface area contributed by atoms with E-state index in [1.54, 1.807) is 24.3 Å². The Morgan fingerprint density at radius 1 is 1.17 bits per heavy atom. The van der Waals surface area contributed by atoms with Gasteiger partial charge < -0.3 is 0 Å².